The average molecular weight is 308 g/mol. The van der Waals surface area contributed by atoms with Crippen LogP contribution in [0.3, 0.4) is 0 Å². The van der Waals surface area contributed by atoms with Gasteiger partial charge in [-0.25, -0.2) is 4.72 Å². The number of carbonyl (C=O) groups is 1. The zero-order valence-electron chi connectivity index (χ0n) is 11.7. The van der Waals surface area contributed by atoms with Crippen LogP contribution in [-0.4, -0.2) is 20.9 Å². The van der Waals surface area contributed by atoms with Crippen LogP contribution in [0.15, 0.2) is 47.1 Å². The van der Waals surface area contributed by atoms with E-state index in [4.69, 9.17) is 4.42 Å². The molecule has 21 heavy (non-hydrogen) atoms. The number of benzene rings is 1. The predicted molar refractivity (Wildman–Crippen MR) is 79.3 cm³/mol. The van der Waals surface area contributed by atoms with Crippen LogP contribution in [0.25, 0.3) is 0 Å². The fraction of sp³-hybridized carbons (Fsp3) is 0.214. The largest absolute Gasteiger partial charge is 0.469 e. The zero-order chi connectivity index (χ0) is 15.5. The second-order valence-electron chi connectivity index (χ2n) is 4.33. The number of furan rings is 1. The number of nitrogens with one attached hydrogen (secondary N) is 1. The van der Waals surface area contributed by atoms with Gasteiger partial charge in [0.25, 0.3) is 5.91 Å². The minimum Gasteiger partial charge on any atom is -0.469 e. The number of nitrogens with zero attached hydrogens (tertiary/aromatic N) is 1. The Morgan fingerprint density at radius 2 is 1.90 bits per heavy atom. The highest BCUT2D eigenvalue weighted by molar-refractivity contribution is 7.91. The molecule has 2 aromatic rings. The fourth-order valence-electron chi connectivity index (χ4n) is 1.93. The summed E-state index contributed by atoms with van der Waals surface area (Å²) in [7, 11) is -3.98. The van der Waals surface area contributed by atoms with Gasteiger partial charge in [-0.05, 0) is 32.0 Å². The van der Waals surface area contributed by atoms with Crippen molar-refractivity contribution in [1.82, 2.24) is 4.72 Å². The highest BCUT2D eigenvalue weighted by Crippen LogP contribution is 2.17. The van der Waals surface area contributed by atoms with Gasteiger partial charge in [0, 0.05) is 6.54 Å². The Morgan fingerprint density at radius 3 is 2.43 bits per heavy atom. The van der Waals surface area contributed by atoms with Gasteiger partial charge < -0.3 is 4.42 Å². The molecule has 0 radical (unpaired) electrons. The summed E-state index contributed by atoms with van der Waals surface area (Å²) in [6.45, 7) is 3.49. The maximum absolute atomic E-state index is 12.3. The normalized spacial score (nSPS) is 11.1. The smallest absolute Gasteiger partial charge is 0.326 e. The second kappa shape index (κ2) is 6.01. The maximum atomic E-state index is 12.3. The molecule has 1 heterocycles. The summed E-state index contributed by atoms with van der Waals surface area (Å²) >= 11 is 0. The number of para-hydroxylation sites is 1. The van der Waals surface area contributed by atoms with Gasteiger partial charge in [0.1, 0.15) is 5.76 Å². The molecule has 0 aliphatic rings. The Kier molecular flexibility index (Phi) is 4.32. The van der Waals surface area contributed by atoms with E-state index in [2.05, 4.69) is 0 Å². The molecule has 1 aromatic carbocycles. The molecule has 7 heteroatoms. The van der Waals surface area contributed by atoms with E-state index in [1.807, 2.05) is 4.72 Å². The number of hydrogen-bond donors (Lipinski definition) is 1. The van der Waals surface area contributed by atoms with Gasteiger partial charge in [-0.15, -0.1) is 0 Å². The number of anilines is 1. The molecule has 6 nitrogen and oxygen atoms in total. The summed E-state index contributed by atoms with van der Waals surface area (Å²) in [6, 6.07) is 10.0. The molecular weight excluding hydrogens is 292 g/mol. The standard InChI is InChI=1S/C14H16N2O4S/c1-3-16(12-7-5-4-6-8-12)21(18,19)15-14(17)13-9-10-20-11(13)2/h4-10H,3H2,1-2H3,(H,15,17). The predicted octanol–water partition coefficient (Wildman–Crippen LogP) is 2.09. The molecule has 0 saturated heterocycles. The van der Waals surface area contributed by atoms with E-state index < -0.39 is 16.1 Å². The topological polar surface area (TPSA) is 79.6 Å². The third kappa shape index (κ3) is 3.25. The monoisotopic (exact) mass is 308 g/mol. The van der Waals surface area contributed by atoms with E-state index in [-0.39, 0.29) is 12.1 Å². The number of hydrogen-bond acceptors (Lipinski definition) is 4. The summed E-state index contributed by atoms with van der Waals surface area (Å²) in [5.41, 5.74) is 0.687. The van der Waals surface area contributed by atoms with Gasteiger partial charge in [-0.3, -0.25) is 9.10 Å². The van der Waals surface area contributed by atoms with Gasteiger partial charge in [-0.1, -0.05) is 18.2 Å². The van der Waals surface area contributed by atoms with Crippen molar-refractivity contribution in [1.29, 1.82) is 0 Å². The molecule has 1 amide bonds. The minimum absolute atomic E-state index is 0.197. The number of amides is 1. The first kappa shape index (κ1) is 15.1. The van der Waals surface area contributed by atoms with E-state index in [1.54, 1.807) is 44.2 Å². The summed E-state index contributed by atoms with van der Waals surface area (Å²) < 4.78 is 32.9. The highest BCUT2D eigenvalue weighted by Gasteiger charge is 2.25. The summed E-state index contributed by atoms with van der Waals surface area (Å²) in [5.74, 6) is -0.346. The van der Waals surface area contributed by atoms with Gasteiger partial charge in [-0.2, -0.15) is 8.42 Å². The lowest BCUT2D eigenvalue weighted by Crippen LogP contribution is -2.43. The van der Waals surface area contributed by atoms with Crippen molar-refractivity contribution in [3.05, 3.63) is 54.0 Å². The zero-order valence-corrected chi connectivity index (χ0v) is 12.6. The van der Waals surface area contributed by atoms with Crippen molar-refractivity contribution in [3.8, 4) is 0 Å². The van der Waals surface area contributed by atoms with Crippen LogP contribution in [0.5, 0.6) is 0 Å². The van der Waals surface area contributed by atoms with Crippen LogP contribution < -0.4 is 9.03 Å². The first-order chi connectivity index (χ1) is 9.95. The van der Waals surface area contributed by atoms with Crippen molar-refractivity contribution in [2.75, 3.05) is 10.8 Å². The minimum atomic E-state index is -3.98. The lowest BCUT2D eigenvalue weighted by molar-refractivity contribution is 0.0980. The Labute approximate surface area is 123 Å². The van der Waals surface area contributed by atoms with Crippen molar-refractivity contribution >= 4 is 21.8 Å². The number of carbonyl (C=O) groups excluding carboxylic acids is 1. The van der Waals surface area contributed by atoms with Crippen molar-refractivity contribution < 1.29 is 17.6 Å². The van der Waals surface area contributed by atoms with Crippen LogP contribution in [0, 0.1) is 6.92 Å². The average Bonchev–Trinajstić information content (AvgIpc) is 2.86. The Morgan fingerprint density at radius 1 is 1.24 bits per heavy atom. The van der Waals surface area contributed by atoms with Crippen molar-refractivity contribution in [2.24, 2.45) is 0 Å². The summed E-state index contributed by atoms with van der Waals surface area (Å²) in [5, 5.41) is 0. The Bertz CT molecular complexity index is 722. The molecule has 1 N–H and O–H groups in total. The van der Waals surface area contributed by atoms with E-state index in [9.17, 15) is 13.2 Å². The van der Waals surface area contributed by atoms with Crippen LogP contribution in [0.1, 0.15) is 23.0 Å². The molecule has 0 fully saturated rings. The van der Waals surface area contributed by atoms with Gasteiger partial charge >= 0.3 is 10.2 Å². The Balaban J connectivity index is 2.25. The van der Waals surface area contributed by atoms with E-state index in [1.165, 1.54) is 12.3 Å². The molecule has 2 rings (SSSR count). The highest BCUT2D eigenvalue weighted by atomic mass is 32.2. The van der Waals surface area contributed by atoms with E-state index in [0.717, 1.165) is 4.31 Å². The lowest BCUT2D eigenvalue weighted by Gasteiger charge is -2.22. The van der Waals surface area contributed by atoms with Crippen LogP contribution in [0.4, 0.5) is 5.69 Å². The lowest BCUT2D eigenvalue weighted by atomic mass is 10.2. The van der Waals surface area contributed by atoms with Crippen LogP contribution in [0.2, 0.25) is 0 Å². The number of aryl methyl sites for hydroxylation is 1. The van der Waals surface area contributed by atoms with E-state index >= 15 is 0 Å². The second-order valence-corrected chi connectivity index (χ2v) is 5.92. The maximum Gasteiger partial charge on any atom is 0.326 e. The molecule has 0 saturated carbocycles. The van der Waals surface area contributed by atoms with Crippen molar-refractivity contribution in [2.45, 2.75) is 13.8 Å². The molecule has 0 unspecified atom stereocenters. The van der Waals surface area contributed by atoms with Gasteiger partial charge in [0.2, 0.25) is 0 Å². The Hall–Kier alpha value is -2.28. The molecule has 0 atom stereocenters. The van der Waals surface area contributed by atoms with Gasteiger partial charge in [0.05, 0.1) is 17.5 Å². The summed E-state index contributed by atoms with van der Waals surface area (Å²) in [6.07, 6.45) is 1.34. The van der Waals surface area contributed by atoms with Crippen LogP contribution in [-0.2, 0) is 10.2 Å². The molecule has 0 spiro atoms. The van der Waals surface area contributed by atoms with Gasteiger partial charge in [0.15, 0.2) is 0 Å². The first-order valence-electron chi connectivity index (χ1n) is 6.39. The van der Waals surface area contributed by atoms with Crippen LogP contribution >= 0.6 is 0 Å². The van der Waals surface area contributed by atoms with Crippen molar-refractivity contribution in [3.63, 3.8) is 0 Å². The van der Waals surface area contributed by atoms with E-state index in [0.29, 0.717) is 11.4 Å². The third-order valence-electron chi connectivity index (χ3n) is 2.95. The molecule has 0 bridgehead atoms. The molecule has 0 aliphatic heterocycles. The molecular formula is C14H16N2O4S. The fourth-order valence-corrected chi connectivity index (χ4v) is 3.13. The molecule has 112 valence electrons. The quantitative estimate of drug-likeness (QED) is 0.917. The molecule has 0 aliphatic carbocycles. The summed E-state index contributed by atoms with van der Waals surface area (Å²) in [4.78, 5) is 12.0. The SMILES string of the molecule is CCN(c1ccccc1)S(=O)(=O)NC(=O)c1ccoc1C. The number of rotatable bonds is 5. The first-order valence-corrected chi connectivity index (χ1v) is 7.83. The molecule has 1 aromatic heterocycles. The third-order valence-corrected chi connectivity index (χ3v) is 4.44.